The van der Waals surface area contributed by atoms with Gasteiger partial charge < -0.3 is 13.6 Å². The zero-order valence-electron chi connectivity index (χ0n) is 13.8. The Labute approximate surface area is 123 Å². The van der Waals surface area contributed by atoms with E-state index in [4.69, 9.17) is 13.6 Å². The predicted octanol–water partition coefficient (Wildman–Crippen LogP) is 5.10. The molecule has 0 aliphatic rings. The minimum absolute atomic E-state index is 0.150. The largest absolute Gasteiger partial charge is 0.340 e. The minimum Gasteiger partial charge on any atom is -0.325 e. The smallest absolute Gasteiger partial charge is 0.325 e. The van der Waals surface area contributed by atoms with Gasteiger partial charge in [-0.15, -0.1) is 0 Å². The van der Waals surface area contributed by atoms with Gasteiger partial charge in [0.15, 0.2) is 0 Å². The molecule has 0 aromatic rings. The molecule has 1 unspecified atom stereocenters. The predicted molar refractivity (Wildman–Crippen MR) is 83.9 cm³/mol. The number of hydrogen-bond acceptors (Lipinski definition) is 5. The highest BCUT2D eigenvalue weighted by molar-refractivity contribution is 7.73. The first-order valence-electron chi connectivity index (χ1n) is 7.24. The van der Waals surface area contributed by atoms with Crippen molar-refractivity contribution < 1.29 is 22.7 Å². The van der Waals surface area contributed by atoms with Crippen molar-refractivity contribution in [3.05, 3.63) is 0 Å². The van der Waals surface area contributed by atoms with E-state index in [1.165, 1.54) is 0 Å². The number of rotatable bonds is 10. The molecule has 20 heavy (non-hydrogen) atoms. The highest BCUT2D eigenvalue weighted by atomic mass is 31.2. The van der Waals surface area contributed by atoms with Crippen LogP contribution in [0.3, 0.4) is 0 Å². The summed E-state index contributed by atoms with van der Waals surface area (Å²) in [5, 5.41) is 0. The number of hydrogen-bond donors (Lipinski definition) is 0. The van der Waals surface area contributed by atoms with E-state index in [2.05, 4.69) is 0 Å². The van der Waals surface area contributed by atoms with Gasteiger partial charge in [-0.2, -0.15) is 0 Å². The molecule has 122 valence electrons. The van der Waals surface area contributed by atoms with Gasteiger partial charge in [0.25, 0.3) is 0 Å². The lowest BCUT2D eigenvalue weighted by atomic mass is 10.5. The fraction of sp³-hybridized carbons (Fsp3) is 1.00. The zero-order chi connectivity index (χ0) is 16.0. The molecule has 1 atom stereocenters. The summed E-state index contributed by atoms with van der Waals surface area (Å²) in [7, 11) is -6.45. The van der Waals surface area contributed by atoms with Crippen LogP contribution in [0.4, 0.5) is 0 Å². The summed E-state index contributed by atoms with van der Waals surface area (Å²) >= 11 is 0. The second-order valence-corrected chi connectivity index (χ2v) is 10.8. The lowest BCUT2D eigenvalue weighted by Crippen LogP contribution is -2.13. The van der Waals surface area contributed by atoms with Gasteiger partial charge in [0, 0.05) is 6.16 Å². The van der Waals surface area contributed by atoms with Crippen LogP contribution < -0.4 is 0 Å². The highest BCUT2D eigenvalue weighted by Crippen LogP contribution is 2.64. The molecule has 7 heteroatoms. The summed E-state index contributed by atoms with van der Waals surface area (Å²) in [4.78, 5) is 0. The van der Waals surface area contributed by atoms with Gasteiger partial charge in [-0.1, -0.05) is 6.92 Å². The van der Waals surface area contributed by atoms with Gasteiger partial charge in [-0.3, -0.25) is 9.13 Å². The fourth-order valence-electron chi connectivity index (χ4n) is 1.88. The van der Waals surface area contributed by atoms with Crippen LogP contribution in [0.25, 0.3) is 0 Å². The standard InChI is InChI=1S/C13H30O5P2/c1-8-9-19(14,16-11(2)3)10-20(15,17-12(4)5)18-13(6)7/h11-13H,8-10H2,1-7H3. The maximum Gasteiger partial charge on any atom is 0.340 e. The maximum atomic E-state index is 12.8. The lowest BCUT2D eigenvalue weighted by Gasteiger charge is -2.27. The van der Waals surface area contributed by atoms with Gasteiger partial charge in [-0.05, 0) is 48.0 Å². The van der Waals surface area contributed by atoms with E-state index < -0.39 is 15.0 Å². The van der Waals surface area contributed by atoms with Crippen LogP contribution in [-0.2, 0) is 22.7 Å². The summed E-state index contributed by atoms with van der Waals surface area (Å²) in [5.74, 6) is -0.150. The van der Waals surface area contributed by atoms with Crippen LogP contribution in [0, 0.1) is 0 Å². The second kappa shape index (κ2) is 8.70. The van der Waals surface area contributed by atoms with Crippen LogP contribution in [0.1, 0.15) is 54.9 Å². The molecule has 0 N–H and O–H groups in total. The average molecular weight is 328 g/mol. The maximum absolute atomic E-state index is 12.8. The lowest BCUT2D eigenvalue weighted by molar-refractivity contribution is 0.144. The van der Waals surface area contributed by atoms with E-state index in [1.807, 2.05) is 20.8 Å². The van der Waals surface area contributed by atoms with E-state index >= 15 is 0 Å². The molecule has 0 saturated heterocycles. The molecule has 0 aliphatic carbocycles. The van der Waals surface area contributed by atoms with Crippen LogP contribution in [0.2, 0.25) is 0 Å². The second-order valence-electron chi connectivity index (χ2n) is 5.75. The van der Waals surface area contributed by atoms with Crippen molar-refractivity contribution in [3.63, 3.8) is 0 Å². The van der Waals surface area contributed by atoms with Crippen molar-refractivity contribution in [2.75, 3.05) is 12.1 Å². The van der Waals surface area contributed by atoms with Crippen molar-refractivity contribution in [1.29, 1.82) is 0 Å². The van der Waals surface area contributed by atoms with Crippen molar-refractivity contribution in [3.8, 4) is 0 Å². The molecule has 0 amide bonds. The summed E-state index contributed by atoms with van der Waals surface area (Å²) in [6, 6.07) is 0. The summed E-state index contributed by atoms with van der Waals surface area (Å²) in [6.45, 7) is 12.7. The van der Waals surface area contributed by atoms with Gasteiger partial charge in [-0.25, -0.2) is 0 Å². The Morgan fingerprint density at radius 2 is 1.20 bits per heavy atom. The van der Waals surface area contributed by atoms with E-state index in [-0.39, 0.29) is 24.2 Å². The third-order valence-corrected chi connectivity index (χ3v) is 8.63. The van der Waals surface area contributed by atoms with E-state index in [1.54, 1.807) is 27.7 Å². The Kier molecular flexibility index (Phi) is 8.85. The monoisotopic (exact) mass is 328 g/mol. The van der Waals surface area contributed by atoms with Crippen LogP contribution in [0.5, 0.6) is 0 Å². The highest BCUT2D eigenvalue weighted by Gasteiger charge is 2.38. The summed E-state index contributed by atoms with van der Waals surface area (Å²) in [5.41, 5.74) is 0. The van der Waals surface area contributed by atoms with E-state index in [0.29, 0.717) is 12.6 Å². The molecule has 0 saturated carbocycles. The summed E-state index contributed by atoms with van der Waals surface area (Å²) < 4.78 is 42.1. The van der Waals surface area contributed by atoms with E-state index in [9.17, 15) is 9.13 Å². The van der Waals surface area contributed by atoms with Crippen molar-refractivity contribution >= 4 is 15.0 Å². The molecule has 0 spiro atoms. The molecule has 0 heterocycles. The van der Waals surface area contributed by atoms with Crippen molar-refractivity contribution in [1.82, 2.24) is 0 Å². The first-order chi connectivity index (χ1) is 9.02. The Balaban J connectivity index is 5.16. The Morgan fingerprint density at radius 3 is 1.50 bits per heavy atom. The molecular weight excluding hydrogens is 298 g/mol. The van der Waals surface area contributed by atoms with Gasteiger partial charge in [0.2, 0.25) is 7.37 Å². The normalized spacial score (nSPS) is 16.1. The van der Waals surface area contributed by atoms with Gasteiger partial charge in [0.1, 0.15) is 5.90 Å². The molecule has 0 aromatic heterocycles. The Bertz CT molecular complexity index is 352. The molecule has 5 nitrogen and oxygen atoms in total. The van der Waals surface area contributed by atoms with Crippen molar-refractivity contribution in [2.24, 2.45) is 0 Å². The first-order valence-corrected chi connectivity index (χ1v) is 11.0. The molecule has 0 aromatic carbocycles. The fourth-order valence-corrected chi connectivity index (χ4v) is 8.25. The van der Waals surface area contributed by atoms with Crippen molar-refractivity contribution in [2.45, 2.75) is 73.2 Å². The molecular formula is C13H30O5P2. The third-order valence-electron chi connectivity index (χ3n) is 2.10. The quantitative estimate of drug-likeness (QED) is 0.522. The topological polar surface area (TPSA) is 61.8 Å². The third kappa shape index (κ3) is 8.59. The molecule has 0 bridgehead atoms. The van der Waals surface area contributed by atoms with E-state index in [0.717, 1.165) is 0 Å². The SMILES string of the molecule is CCCP(=O)(CP(=O)(OC(C)C)OC(C)C)OC(C)C. The molecule has 0 radical (unpaired) electrons. The first kappa shape index (κ1) is 20.3. The minimum atomic E-state index is -3.43. The summed E-state index contributed by atoms with van der Waals surface area (Å²) in [6.07, 6.45) is 0.396. The Hall–Kier alpha value is 0.340. The van der Waals surface area contributed by atoms with Crippen LogP contribution in [-0.4, -0.2) is 30.4 Å². The molecule has 0 fully saturated rings. The zero-order valence-corrected chi connectivity index (χ0v) is 15.6. The molecule has 0 aliphatic heterocycles. The average Bonchev–Trinajstić information content (AvgIpc) is 2.10. The van der Waals surface area contributed by atoms with Crippen LogP contribution >= 0.6 is 15.0 Å². The van der Waals surface area contributed by atoms with Gasteiger partial charge in [0.05, 0.1) is 18.3 Å². The Morgan fingerprint density at radius 1 is 0.800 bits per heavy atom. The van der Waals surface area contributed by atoms with Gasteiger partial charge >= 0.3 is 7.60 Å². The molecule has 0 rings (SSSR count). The van der Waals surface area contributed by atoms with Crippen LogP contribution in [0.15, 0.2) is 0 Å².